The molecule has 16 heavy (non-hydrogen) atoms. The summed E-state index contributed by atoms with van der Waals surface area (Å²) in [6.45, 7) is 7.17. The summed E-state index contributed by atoms with van der Waals surface area (Å²) in [5.74, 6) is 0.269. The molecule has 0 N–H and O–H groups in total. The Balaban J connectivity index is 2.30. The van der Waals surface area contributed by atoms with Gasteiger partial charge in [-0.05, 0) is 30.7 Å². The highest BCUT2D eigenvalue weighted by molar-refractivity contribution is 4.76. The van der Waals surface area contributed by atoms with Gasteiger partial charge in [0.05, 0.1) is 6.61 Å². The lowest BCUT2D eigenvalue weighted by atomic mass is 9.92. The second-order valence-corrected chi connectivity index (χ2v) is 5.90. The van der Waals surface area contributed by atoms with Crippen molar-refractivity contribution in [1.29, 1.82) is 0 Å². The molecule has 1 aliphatic heterocycles. The van der Waals surface area contributed by atoms with Crippen LogP contribution in [0.25, 0.3) is 0 Å². The van der Waals surface area contributed by atoms with E-state index in [9.17, 15) is 8.78 Å². The second-order valence-electron chi connectivity index (χ2n) is 5.90. The van der Waals surface area contributed by atoms with Gasteiger partial charge in [-0.3, -0.25) is 0 Å². The van der Waals surface area contributed by atoms with E-state index in [1.165, 1.54) is 0 Å². The first-order valence-corrected chi connectivity index (χ1v) is 5.99. The molecule has 1 aliphatic rings. The minimum Gasteiger partial charge on any atom is -0.323 e. The molecule has 1 atom stereocenters. The molecule has 0 aromatic rings. The molecule has 0 saturated carbocycles. The van der Waals surface area contributed by atoms with E-state index in [1.54, 1.807) is 0 Å². The molecule has 0 aliphatic carbocycles. The second kappa shape index (κ2) is 5.92. The van der Waals surface area contributed by atoms with Crippen LogP contribution in [-0.4, -0.2) is 37.8 Å². The standard InChI is InChI=1S/C12H23F2NO/c1-12(2,3)9-15-6-4-5-10(7-15)8-16-11(13)14/h10-11H,4-9H2,1-3H3. The fourth-order valence-electron chi connectivity index (χ4n) is 2.31. The topological polar surface area (TPSA) is 12.5 Å². The van der Waals surface area contributed by atoms with Crippen LogP contribution in [-0.2, 0) is 4.74 Å². The lowest BCUT2D eigenvalue weighted by molar-refractivity contribution is -0.142. The van der Waals surface area contributed by atoms with Gasteiger partial charge >= 0.3 is 6.61 Å². The van der Waals surface area contributed by atoms with Gasteiger partial charge in [0.15, 0.2) is 0 Å². The van der Waals surface area contributed by atoms with E-state index in [2.05, 4.69) is 30.4 Å². The molecular weight excluding hydrogens is 212 g/mol. The van der Waals surface area contributed by atoms with Crippen LogP contribution in [0.2, 0.25) is 0 Å². The van der Waals surface area contributed by atoms with E-state index in [1.807, 2.05) is 0 Å². The summed E-state index contributed by atoms with van der Waals surface area (Å²) in [6.07, 6.45) is 2.10. The molecule has 4 heteroatoms. The maximum Gasteiger partial charge on any atom is 0.345 e. The zero-order valence-corrected chi connectivity index (χ0v) is 10.5. The van der Waals surface area contributed by atoms with E-state index in [-0.39, 0.29) is 17.9 Å². The van der Waals surface area contributed by atoms with E-state index in [0.29, 0.717) is 0 Å². The highest BCUT2D eigenvalue weighted by atomic mass is 19.3. The van der Waals surface area contributed by atoms with Crippen LogP contribution >= 0.6 is 0 Å². The smallest absolute Gasteiger partial charge is 0.323 e. The van der Waals surface area contributed by atoms with Crippen LogP contribution in [0.3, 0.4) is 0 Å². The molecule has 0 radical (unpaired) electrons. The molecule has 0 bridgehead atoms. The van der Waals surface area contributed by atoms with Gasteiger partial charge in [-0.25, -0.2) is 0 Å². The number of hydrogen-bond donors (Lipinski definition) is 0. The molecule has 2 nitrogen and oxygen atoms in total. The Bertz CT molecular complexity index is 204. The average Bonchev–Trinajstić information content (AvgIpc) is 2.12. The molecule has 0 amide bonds. The molecule has 1 saturated heterocycles. The zero-order chi connectivity index (χ0) is 12.2. The van der Waals surface area contributed by atoms with Gasteiger partial charge in [0.1, 0.15) is 0 Å². The Kier molecular flexibility index (Phi) is 5.12. The third-order valence-electron chi connectivity index (χ3n) is 2.76. The van der Waals surface area contributed by atoms with Crippen molar-refractivity contribution >= 4 is 0 Å². The summed E-state index contributed by atoms with van der Waals surface area (Å²) < 4.78 is 28.2. The van der Waals surface area contributed by atoms with Gasteiger partial charge in [0.25, 0.3) is 0 Å². The minimum atomic E-state index is -2.63. The molecule has 0 aromatic carbocycles. The van der Waals surface area contributed by atoms with Crippen molar-refractivity contribution in [2.45, 2.75) is 40.2 Å². The molecule has 1 rings (SSSR count). The summed E-state index contributed by atoms with van der Waals surface area (Å²) in [7, 11) is 0. The molecule has 96 valence electrons. The first-order chi connectivity index (χ1) is 7.37. The minimum absolute atomic E-state index is 0.193. The molecule has 1 fully saturated rings. The van der Waals surface area contributed by atoms with Gasteiger partial charge in [-0.1, -0.05) is 20.8 Å². The van der Waals surface area contributed by atoms with E-state index in [4.69, 9.17) is 0 Å². The average molecular weight is 235 g/mol. The van der Waals surface area contributed by atoms with Gasteiger partial charge < -0.3 is 9.64 Å². The van der Waals surface area contributed by atoms with Crippen LogP contribution in [0.15, 0.2) is 0 Å². The maximum atomic E-state index is 11.9. The summed E-state index contributed by atoms with van der Waals surface area (Å²) in [5.41, 5.74) is 0.269. The first-order valence-electron chi connectivity index (χ1n) is 5.99. The fourth-order valence-corrected chi connectivity index (χ4v) is 2.31. The summed E-state index contributed by atoms with van der Waals surface area (Å²) in [6, 6.07) is 0. The predicted octanol–water partition coefficient (Wildman–Crippen LogP) is 2.98. The summed E-state index contributed by atoms with van der Waals surface area (Å²) in [5, 5.41) is 0. The Morgan fingerprint density at radius 2 is 2.06 bits per heavy atom. The highest BCUT2D eigenvalue weighted by Crippen LogP contribution is 2.22. The number of piperidine rings is 1. The Labute approximate surface area is 97.0 Å². The number of ether oxygens (including phenoxy) is 1. The monoisotopic (exact) mass is 235 g/mol. The Hall–Kier alpha value is -0.220. The number of alkyl halides is 2. The number of nitrogens with zero attached hydrogens (tertiary/aromatic N) is 1. The van der Waals surface area contributed by atoms with Crippen molar-refractivity contribution in [3.8, 4) is 0 Å². The van der Waals surface area contributed by atoms with Crippen LogP contribution in [0.1, 0.15) is 33.6 Å². The van der Waals surface area contributed by atoms with E-state index < -0.39 is 6.61 Å². The molecule has 1 heterocycles. The lowest BCUT2D eigenvalue weighted by Crippen LogP contribution is -2.41. The van der Waals surface area contributed by atoms with Gasteiger partial charge in [-0.2, -0.15) is 8.78 Å². The molecule has 0 aromatic heterocycles. The normalized spacial score (nSPS) is 24.0. The fraction of sp³-hybridized carbons (Fsp3) is 1.00. The van der Waals surface area contributed by atoms with Crippen molar-refractivity contribution in [3.63, 3.8) is 0 Å². The number of halogens is 2. The number of hydrogen-bond acceptors (Lipinski definition) is 2. The maximum absolute atomic E-state index is 11.9. The molecular formula is C12H23F2NO. The summed E-state index contributed by atoms with van der Waals surface area (Å²) >= 11 is 0. The van der Waals surface area contributed by atoms with Crippen LogP contribution in [0.5, 0.6) is 0 Å². The third-order valence-corrected chi connectivity index (χ3v) is 2.76. The quantitative estimate of drug-likeness (QED) is 0.742. The van der Waals surface area contributed by atoms with Crippen molar-refractivity contribution in [2.75, 3.05) is 26.2 Å². The predicted molar refractivity (Wildman–Crippen MR) is 60.6 cm³/mol. The Morgan fingerprint density at radius 3 is 2.62 bits per heavy atom. The molecule has 0 spiro atoms. The van der Waals surface area contributed by atoms with E-state index in [0.717, 1.165) is 32.5 Å². The lowest BCUT2D eigenvalue weighted by Gasteiger charge is -2.36. The van der Waals surface area contributed by atoms with Gasteiger partial charge in [0, 0.05) is 13.1 Å². The van der Waals surface area contributed by atoms with Gasteiger partial charge in [0.2, 0.25) is 0 Å². The molecule has 1 unspecified atom stereocenters. The van der Waals surface area contributed by atoms with Crippen molar-refractivity contribution in [1.82, 2.24) is 4.90 Å². The largest absolute Gasteiger partial charge is 0.345 e. The van der Waals surface area contributed by atoms with Crippen LogP contribution in [0, 0.1) is 11.3 Å². The Morgan fingerprint density at radius 1 is 1.38 bits per heavy atom. The van der Waals surface area contributed by atoms with E-state index >= 15 is 0 Å². The van der Waals surface area contributed by atoms with Gasteiger partial charge in [-0.15, -0.1) is 0 Å². The van der Waals surface area contributed by atoms with Crippen molar-refractivity contribution in [2.24, 2.45) is 11.3 Å². The highest BCUT2D eigenvalue weighted by Gasteiger charge is 2.24. The van der Waals surface area contributed by atoms with Crippen LogP contribution < -0.4 is 0 Å². The number of rotatable bonds is 4. The summed E-state index contributed by atoms with van der Waals surface area (Å²) in [4.78, 5) is 2.36. The zero-order valence-electron chi connectivity index (χ0n) is 10.5. The third kappa shape index (κ3) is 5.75. The van der Waals surface area contributed by atoms with Crippen molar-refractivity contribution < 1.29 is 13.5 Å². The van der Waals surface area contributed by atoms with Crippen LogP contribution in [0.4, 0.5) is 8.78 Å². The number of likely N-dealkylation sites (tertiary alicyclic amines) is 1. The first kappa shape index (κ1) is 13.8. The SMILES string of the molecule is CC(C)(C)CN1CCCC(COC(F)F)C1. The van der Waals surface area contributed by atoms with Crippen molar-refractivity contribution in [3.05, 3.63) is 0 Å².